The zero-order chi connectivity index (χ0) is 15.9. The smallest absolute Gasteiger partial charge is 0.335 e. The van der Waals surface area contributed by atoms with Gasteiger partial charge in [-0.05, 0) is 43.4 Å². The van der Waals surface area contributed by atoms with Gasteiger partial charge < -0.3 is 19.9 Å². The van der Waals surface area contributed by atoms with Crippen LogP contribution < -0.4 is 10.1 Å². The number of hydrogen-bond donors (Lipinski definition) is 2. The number of amides is 1. The normalized spacial score (nSPS) is 15.3. The minimum absolute atomic E-state index is 0.0899. The van der Waals surface area contributed by atoms with Crippen LogP contribution in [0.4, 0.5) is 5.69 Å². The number of carbonyl (C=O) groups is 2. The van der Waals surface area contributed by atoms with E-state index in [0.29, 0.717) is 23.8 Å². The molecule has 0 spiro atoms. The van der Waals surface area contributed by atoms with Crippen molar-refractivity contribution in [2.45, 2.75) is 25.7 Å². The lowest BCUT2D eigenvalue weighted by atomic mass is 9.95. The highest BCUT2D eigenvalue weighted by Gasteiger charge is 2.16. The molecule has 2 N–H and O–H groups in total. The highest BCUT2D eigenvalue weighted by Crippen LogP contribution is 2.26. The highest BCUT2D eigenvalue weighted by molar-refractivity contribution is 5.94. The Morgan fingerprint density at radius 2 is 2.09 bits per heavy atom. The Kier molecular flexibility index (Phi) is 5.77. The number of carbonyl (C=O) groups excluding carboxylic acids is 1. The van der Waals surface area contributed by atoms with E-state index in [2.05, 4.69) is 5.32 Å². The molecule has 1 aromatic rings. The second-order valence-corrected chi connectivity index (χ2v) is 5.36. The summed E-state index contributed by atoms with van der Waals surface area (Å²) in [6.45, 7) is 1.55. The fraction of sp³-hybridized carbons (Fsp3) is 0.500. The minimum atomic E-state index is -1.03. The van der Waals surface area contributed by atoms with E-state index in [1.165, 1.54) is 19.2 Å². The number of ether oxygens (including phenoxy) is 2. The van der Waals surface area contributed by atoms with Gasteiger partial charge in [0.2, 0.25) is 5.91 Å². The molecule has 6 heteroatoms. The summed E-state index contributed by atoms with van der Waals surface area (Å²) in [5.41, 5.74) is 0.613. The second-order valence-electron chi connectivity index (χ2n) is 5.36. The number of carboxylic acid groups (broad SMARTS) is 1. The van der Waals surface area contributed by atoms with E-state index in [-0.39, 0.29) is 11.5 Å². The van der Waals surface area contributed by atoms with Crippen LogP contribution in [-0.4, -0.2) is 37.3 Å². The van der Waals surface area contributed by atoms with Gasteiger partial charge in [0.05, 0.1) is 18.4 Å². The summed E-state index contributed by atoms with van der Waals surface area (Å²) in [5, 5.41) is 11.7. The van der Waals surface area contributed by atoms with E-state index in [0.717, 1.165) is 32.5 Å². The van der Waals surface area contributed by atoms with Crippen LogP contribution in [-0.2, 0) is 9.53 Å². The Bertz CT molecular complexity index is 537. The average molecular weight is 307 g/mol. The molecule has 6 nitrogen and oxygen atoms in total. The number of aromatic carboxylic acids is 1. The van der Waals surface area contributed by atoms with Gasteiger partial charge in [0.15, 0.2) is 0 Å². The number of anilines is 1. The molecule has 1 aliphatic heterocycles. The molecule has 0 unspecified atom stereocenters. The zero-order valence-electron chi connectivity index (χ0n) is 12.6. The maximum absolute atomic E-state index is 12.0. The lowest BCUT2D eigenvalue weighted by Gasteiger charge is -2.21. The molecule has 0 atom stereocenters. The number of methoxy groups -OCH3 is 1. The number of nitrogens with one attached hydrogen (secondary N) is 1. The van der Waals surface area contributed by atoms with Crippen LogP contribution in [0, 0.1) is 5.92 Å². The molecule has 1 aliphatic rings. The van der Waals surface area contributed by atoms with Crippen molar-refractivity contribution in [3.05, 3.63) is 23.8 Å². The van der Waals surface area contributed by atoms with Crippen LogP contribution in [0.25, 0.3) is 0 Å². The van der Waals surface area contributed by atoms with Gasteiger partial charge in [-0.3, -0.25) is 4.79 Å². The zero-order valence-corrected chi connectivity index (χ0v) is 12.6. The molecule has 22 heavy (non-hydrogen) atoms. The predicted octanol–water partition coefficient (Wildman–Crippen LogP) is 2.54. The predicted molar refractivity (Wildman–Crippen MR) is 81.4 cm³/mol. The Hall–Kier alpha value is -2.08. The Morgan fingerprint density at radius 1 is 1.36 bits per heavy atom. The van der Waals surface area contributed by atoms with Crippen LogP contribution in [0.1, 0.15) is 36.0 Å². The van der Waals surface area contributed by atoms with Gasteiger partial charge in [-0.1, -0.05) is 0 Å². The standard InChI is InChI=1S/C16H21NO5/c1-21-14-10-12(16(19)20)3-4-13(14)17-15(18)5-2-11-6-8-22-9-7-11/h3-4,10-11H,2,5-9H2,1H3,(H,17,18)(H,19,20). The molecule has 0 radical (unpaired) electrons. The molecule has 0 aromatic heterocycles. The summed E-state index contributed by atoms with van der Waals surface area (Å²) < 4.78 is 10.4. The fourth-order valence-electron chi connectivity index (χ4n) is 2.51. The lowest BCUT2D eigenvalue weighted by molar-refractivity contribution is -0.116. The van der Waals surface area contributed by atoms with Crippen molar-refractivity contribution in [3.63, 3.8) is 0 Å². The van der Waals surface area contributed by atoms with E-state index in [1.54, 1.807) is 6.07 Å². The topological polar surface area (TPSA) is 84.9 Å². The van der Waals surface area contributed by atoms with Gasteiger partial charge in [-0.2, -0.15) is 0 Å². The van der Waals surface area contributed by atoms with Crippen molar-refractivity contribution < 1.29 is 24.2 Å². The van der Waals surface area contributed by atoms with Crippen LogP contribution >= 0.6 is 0 Å². The highest BCUT2D eigenvalue weighted by atomic mass is 16.5. The number of rotatable bonds is 6. The minimum Gasteiger partial charge on any atom is -0.495 e. The maximum Gasteiger partial charge on any atom is 0.335 e. The summed E-state index contributed by atoms with van der Waals surface area (Å²) in [6, 6.07) is 4.39. The molecule has 1 amide bonds. The SMILES string of the molecule is COc1cc(C(=O)O)ccc1NC(=O)CCC1CCOCC1. The molecule has 1 fully saturated rings. The third-order valence-corrected chi connectivity index (χ3v) is 3.84. The first-order chi connectivity index (χ1) is 10.6. The third-order valence-electron chi connectivity index (χ3n) is 3.84. The number of hydrogen-bond acceptors (Lipinski definition) is 4. The van der Waals surface area contributed by atoms with Crippen molar-refractivity contribution in [3.8, 4) is 5.75 Å². The first kappa shape index (κ1) is 16.3. The largest absolute Gasteiger partial charge is 0.495 e. The summed E-state index contributed by atoms with van der Waals surface area (Å²) >= 11 is 0. The van der Waals surface area contributed by atoms with Gasteiger partial charge in [-0.15, -0.1) is 0 Å². The molecular formula is C16H21NO5. The quantitative estimate of drug-likeness (QED) is 0.843. The van der Waals surface area contributed by atoms with Crippen LogP contribution in [0.15, 0.2) is 18.2 Å². The van der Waals surface area contributed by atoms with E-state index in [1.807, 2.05) is 0 Å². The van der Waals surface area contributed by atoms with E-state index < -0.39 is 5.97 Å². The van der Waals surface area contributed by atoms with Crippen molar-refractivity contribution in [2.24, 2.45) is 5.92 Å². The van der Waals surface area contributed by atoms with Gasteiger partial charge in [0.1, 0.15) is 5.75 Å². The molecule has 0 saturated carbocycles. The molecule has 0 bridgehead atoms. The number of carboxylic acids is 1. The van der Waals surface area contributed by atoms with Crippen LogP contribution in [0.2, 0.25) is 0 Å². The van der Waals surface area contributed by atoms with Gasteiger partial charge in [-0.25, -0.2) is 4.79 Å². The molecule has 1 aromatic carbocycles. The maximum atomic E-state index is 12.0. The Labute approximate surface area is 129 Å². The first-order valence-corrected chi connectivity index (χ1v) is 7.39. The lowest BCUT2D eigenvalue weighted by Crippen LogP contribution is -2.19. The molecule has 2 rings (SSSR count). The molecule has 1 heterocycles. The van der Waals surface area contributed by atoms with Gasteiger partial charge in [0.25, 0.3) is 0 Å². The average Bonchev–Trinajstić information content (AvgIpc) is 2.54. The summed E-state index contributed by atoms with van der Waals surface area (Å²) in [5.74, 6) is -0.237. The summed E-state index contributed by atoms with van der Waals surface area (Å²) in [7, 11) is 1.44. The summed E-state index contributed by atoms with van der Waals surface area (Å²) in [4.78, 5) is 23.0. The van der Waals surface area contributed by atoms with Crippen molar-refractivity contribution in [1.29, 1.82) is 0 Å². The van der Waals surface area contributed by atoms with Gasteiger partial charge >= 0.3 is 5.97 Å². The number of benzene rings is 1. The summed E-state index contributed by atoms with van der Waals surface area (Å²) in [6.07, 6.45) is 3.28. The Balaban J connectivity index is 1.91. The van der Waals surface area contributed by atoms with E-state index in [4.69, 9.17) is 14.6 Å². The van der Waals surface area contributed by atoms with Crippen molar-refractivity contribution >= 4 is 17.6 Å². The fourth-order valence-corrected chi connectivity index (χ4v) is 2.51. The van der Waals surface area contributed by atoms with E-state index >= 15 is 0 Å². The second kappa shape index (κ2) is 7.79. The first-order valence-electron chi connectivity index (χ1n) is 7.39. The molecule has 0 aliphatic carbocycles. The monoisotopic (exact) mass is 307 g/mol. The third kappa shape index (κ3) is 4.46. The van der Waals surface area contributed by atoms with Crippen LogP contribution in [0.5, 0.6) is 5.75 Å². The molecular weight excluding hydrogens is 286 g/mol. The molecule has 1 saturated heterocycles. The van der Waals surface area contributed by atoms with Crippen molar-refractivity contribution in [2.75, 3.05) is 25.6 Å². The Morgan fingerprint density at radius 3 is 2.73 bits per heavy atom. The molecule has 120 valence electrons. The van der Waals surface area contributed by atoms with Crippen LogP contribution in [0.3, 0.4) is 0 Å². The van der Waals surface area contributed by atoms with Crippen molar-refractivity contribution in [1.82, 2.24) is 0 Å². The van der Waals surface area contributed by atoms with Gasteiger partial charge in [0, 0.05) is 19.6 Å². The van der Waals surface area contributed by atoms with E-state index in [9.17, 15) is 9.59 Å².